The minimum absolute atomic E-state index is 0.00814. The summed E-state index contributed by atoms with van der Waals surface area (Å²) in [5.41, 5.74) is 0.787. The molecule has 1 N–H and O–H groups in total. The van der Waals surface area contributed by atoms with E-state index in [-0.39, 0.29) is 12.5 Å². The average Bonchev–Trinajstić information content (AvgIpc) is 3.20. The number of carboxylic acid groups (broad SMARTS) is 1. The zero-order valence-corrected chi connectivity index (χ0v) is 14.9. The average molecular weight is 387 g/mol. The summed E-state index contributed by atoms with van der Waals surface area (Å²) in [4.78, 5) is 17.5. The number of thiazole rings is 1. The van der Waals surface area contributed by atoms with Crippen LogP contribution in [0, 0.1) is 11.6 Å². The van der Waals surface area contributed by atoms with E-state index in [1.54, 1.807) is 0 Å². The molecule has 1 fully saturated rings. The highest BCUT2D eigenvalue weighted by Gasteiger charge is 2.27. The Morgan fingerprint density at radius 3 is 2.68 bits per heavy atom. The molecule has 8 heteroatoms. The Bertz CT molecular complexity index is 778. The number of aromatic nitrogens is 1. The number of carbonyl (C=O) groups is 1. The molecule has 1 aromatic carbocycles. The van der Waals surface area contributed by atoms with Gasteiger partial charge in [0.05, 0.1) is 6.42 Å². The molecule has 1 aliphatic rings. The third-order valence-corrected chi connectivity index (χ3v) is 5.64. The van der Waals surface area contributed by atoms with Crippen LogP contribution in [0.3, 0.4) is 0 Å². The van der Waals surface area contributed by atoms with Crippen LogP contribution in [-0.4, -0.2) is 28.6 Å². The summed E-state index contributed by atoms with van der Waals surface area (Å²) in [5, 5.41) is 9.62. The van der Waals surface area contributed by atoms with Crippen LogP contribution in [0.15, 0.2) is 18.2 Å². The second-order valence-corrected chi connectivity index (χ2v) is 7.60. The van der Waals surface area contributed by atoms with Crippen LogP contribution in [0.2, 0.25) is 4.34 Å². The third kappa shape index (κ3) is 4.10. The van der Waals surface area contributed by atoms with E-state index in [0.29, 0.717) is 27.3 Å². The first-order valence-corrected chi connectivity index (χ1v) is 9.25. The summed E-state index contributed by atoms with van der Waals surface area (Å²) >= 11 is 7.52. The van der Waals surface area contributed by atoms with E-state index >= 15 is 0 Å². The van der Waals surface area contributed by atoms with Gasteiger partial charge in [-0.2, -0.15) is 0 Å². The molecule has 0 atom stereocenters. The van der Waals surface area contributed by atoms with E-state index < -0.39 is 17.6 Å². The van der Waals surface area contributed by atoms with Gasteiger partial charge in [-0.25, -0.2) is 13.8 Å². The highest BCUT2D eigenvalue weighted by atomic mass is 35.5. The maximum absolute atomic E-state index is 13.5. The fourth-order valence-electron chi connectivity index (χ4n) is 3.10. The normalized spacial score (nSPS) is 14.8. The van der Waals surface area contributed by atoms with Gasteiger partial charge in [0.25, 0.3) is 0 Å². The smallest absolute Gasteiger partial charge is 0.305 e. The fraction of sp³-hybridized carbons (Fsp3) is 0.412. The number of aliphatic carboxylic acids is 1. The molecule has 1 aliphatic carbocycles. The molecule has 1 aromatic heterocycles. The van der Waals surface area contributed by atoms with Gasteiger partial charge in [0.15, 0.2) is 16.8 Å². The van der Waals surface area contributed by atoms with Gasteiger partial charge < -0.3 is 10.0 Å². The summed E-state index contributed by atoms with van der Waals surface area (Å²) in [6.07, 6.45) is 4.18. The van der Waals surface area contributed by atoms with Crippen molar-refractivity contribution in [2.45, 2.75) is 38.1 Å². The van der Waals surface area contributed by atoms with E-state index in [1.807, 2.05) is 4.90 Å². The van der Waals surface area contributed by atoms with Crippen molar-refractivity contribution in [3.63, 3.8) is 0 Å². The molecule has 0 amide bonds. The van der Waals surface area contributed by atoms with E-state index in [1.165, 1.54) is 17.4 Å². The summed E-state index contributed by atoms with van der Waals surface area (Å²) in [5.74, 6) is -2.75. The molecule has 3 rings (SSSR count). The molecule has 1 saturated carbocycles. The van der Waals surface area contributed by atoms with Crippen molar-refractivity contribution in [3.8, 4) is 11.3 Å². The number of carboxylic acids is 1. The molecular formula is C17H17ClF2N2O2S. The Morgan fingerprint density at radius 1 is 1.32 bits per heavy atom. The lowest BCUT2D eigenvalue weighted by Gasteiger charge is -2.27. The minimum atomic E-state index is -0.957. The van der Waals surface area contributed by atoms with Crippen molar-refractivity contribution in [1.82, 2.24) is 4.98 Å². The summed E-state index contributed by atoms with van der Waals surface area (Å²) in [6, 6.07) is 3.77. The lowest BCUT2D eigenvalue weighted by molar-refractivity contribution is -0.136. The Labute approximate surface area is 153 Å². The first-order valence-electron chi connectivity index (χ1n) is 8.06. The van der Waals surface area contributed by atoms with Crippen LogP contribution >= 0.6 is 22.9 Å². The van der Waals surface area contributed by atoms with Crippen LogP contribution in [0.25, 0.3) is 11.3 Å². The van der Waals surface area contributed by atoms with Gasteiger partial charge in [-0.1, -0.05) is 35.8 Å². The molecule has 0 bridgehead atoms. The Hall–Kier alpha value is -1.73. The fourth-order valence-corrected chi connectivity index (χ4v) is 4.38. The Morgan fingerprint density at radius 2 is 2.04 bits per heavy atom. The monoisotopic (exact) mass is 386 g/mol. The molecule has 0 radical (unpaired) electrons. The molecule has 0 spiro atoms. The topological polar surface area (TPSA) is 53.4 Å². The van der Waals surface area contributed by atoms with Gasteiger partial charge >= 0.3 is 5.97 Å². The summed E-state index contributed by atoms with van der Waals surface area (Å²) in [6.45, 7) is 0.348. The van der Waals surface area contributed by atoms with E-state index in [9.17, 15) is 13.6 Å². The highest BCUT2D eigenvalue weighted by Crippen LogP contribution is 2.39. The van der Waals surface area contributed by atoms with E-state index in [0.717, 1.165) is 37.8 Å². The maximum Gasteiger partial charge on any atom is 0.305 e. The molecule has 25 heavy (non-hydrogen) atoms. The SMILES string of the molecule is O=C(O)CCN(c1nc(-c2ccc(F)c(F)c2)c(Cl)s1)C1CCCC1. The van der Waals surface area contributed by atoms with Gasteiger partial charge in [-0.05, 0) is 31.0 Å². The molecule has 134 valence electrons. The summed E-state index contributed by atoms with van der Waals surface area (Å²) in [7, 11) is 0. The van der Waals surface area contributed by atoms with Gasteiger partial charge in [-0.15, -0.1) is 0 Å². The Balaban J connectivity index is 1.91. The van der Waals surface area contributed by atoms with Crippen molar-refractivity contribution in [2.75, 3.05) is 11.4 Å². The van der Waals surface area contributed by atoms with E-state index in [2.05, 4.69) is 4.98 Å². The van der Waals surface area contributed by atoms with Crippen LogP contribution < -0.4 is 4.90 Å². The number of halogens is 3. The first kappa shape index (κ1) is 18.1. The zero-order chi connectivity index (χ0) is 18.0. The van der Waals surface area contributed by atoms with Gasteiger partial charge in [0.2, 0.25) is 0 Å². The number of anilines is 1. The summed E-state index contributed by atoms with van der Waals surface area (Å²) < 4.78 is 27.0. The van der Waals surface area contributed by atoms with Crippen molar-refractivity contribution < 1.29 is 18.7 Å². The van der Waals surface area contributed by atoms with Gasteiger partial charge in [-0.3, -0.25) is 4.79 Å². The predicted molar refractivity (Wildman–Crippen MR) is 94.3 cm³/mol. The number of hydrogen-bond donors (Lipinski definition) is 1. The van der Waals surface area contributed by atoms with Crippen LogP contribution in [0.4, 0.5) is 13.9 Å². The van der Waals surface area contributed by atoms with Crippen molar-refractivity contribution >= 4 is 34.0 Å². The van der Waals surface area contributed by atoms with Gasteiger partial charge in [0.1, 0.15) is 10.0 Å². The Kier molecular flexibility index (Phi) is 5.54. The largest absolute Gasteiger partial charge is 0.481 e. The van der Waals surface area contributed by atoms with Crippen LogP contribution in [0.1, 0.15) is 32.1 Å². The zero-order valence-electron chi connectivity index (χ0n) is 13.3. The quantitative estimate of drug-likeness (QED) is 0.761. The van der Waals surface area contributed by atoms with Gasteiger partial charge in [0, 0.05) is 18.2 Å². The van der Waals surface area contributed by atoms with Crippen LogP contribution in [-0.2, 0) is 4.79 Å². The molecule has 4 nitrogen and oxygen atoms in total. The maximum atomic E-state index is 13.5. The molecule has 0 aliphatic heterocycles. The van der Waals surface area contributed by atoms with Crippen molar-refractivity contribution in [2.24, 2.45) is 0 Å². The van der Waals surface area contributed by atoms with Crippen molar-refractivity contribution in [3.05, 3.63) is 34.2 Å². The second kappa shape index (κ2) is 7.66. The predicted octanol–water partition coefficient (Wildman–Crippen LogP) is 4.97. The molecule has 1 heterocycles. The second-order valence-electron chi connectivity index (χ2n) is 6.02. The highest BCUT2D eigenvalue weighted by molar-refractivity contribution is 7.20. The third-order valence-electron chi connectivity index (χ3n) is 4.35. The molecule has 0 saturated heterocycles. The molecular weight excluding hydrogens is 370 g/mol. The number of rotatable bonds is 6. The number of nitrogens with zero attached hydrogens (tertiary/aromatic N) is 2. The van der Waals surface area contributed by atoms with E-state index in [4.69, 9.17) is 16.7 Å². The number of benzene rings is 1. The lowest BCUT2D eigenvalue weighted by atomic mass is 10.1. The lowest BCUT2D eigenvalue weighted by Crippen LogP contribution is -2.35. The molecule has 2 aromatic rings. The number of hydrogen-bond acceptors (Lipinski definition) is 4. The first-order chi connectivity index (χ1) is 12.0. The minimum Gasteiger partial charge on any atom is -0.481 e. The standard InChI is InChI=1S/C17H17ClF2N2O2S/c18-16-15(10-5-6-12(19)13(20)9-10)21-17(25-16)22(8-7-14(23)24)11-3-1-2-4-11/h5-6,9,11H,1-4,7-8H2,(H,23,24). The molecule has 0 unspecified atom stereocenters. The van der Waals surface area contributed by atoms with Crippen LogP contribution in [0.5, 0.6) is 0 Å². The van der Waals surface area contributed by atoms with Crippen molar-refractivity contribution in [1.29, 1.82) is 0 Å².